The Labute approximate surface area is 91.8 Å². The Bertz CT molecular complexity index is 235. The van der Waals surface area contributed by atoms with Crippen LogP contribution in [0.3, 0.4) is 0 Å². The Hall–Kier alpha value is -0.860. The zero-order valence-electron chi connectivity index (χ0n) is 9.62. The van der Waals surface area contributed by atoms with Crippen molar-refractivity contribution in [2.75, 3.05) is 0 Å². The van der Waals surface area contributed by atoms with Crippen molar-refractivity contribution in [2.45, 2.75) is 46.1 Å². The molecule has 0 aliphatic rings. The van der Waals surface area contributed by atoms with E-state index in [-0.39, 0.29) is 6.61 Å². The fourth-order valence-corrected chi connectivity index (χ4v) is 1.86. The molecular formula is C13H20O2. The summed E-state index contributed by atoms with van der Waals surface area (Å²) in [5.41, 5.74) is 3.75. The van der Waals surface area contributed by atoms with Gasteiger partial charge in [0.05, 0.1) is 0 Å². The molecule has 0 aliphatic carbocycles. The first kappa shape index (κ1) is 12.2. The van der Waals surface area contributed by atoms with Gasteiger partial charge in [-0.2, -0.15) is 0 Å². The van der Waals surface area contributed by atoms with Crippen molar-refractivity contribution < 1.29 is 10.1 Å². The summed E-state index contributed by atoms with van der Waals surface area (Å²) in [4.78, 5) is 4.19. The molecule has 0 radical (unpaired) electrons. The number of benzene rings is 1. The number of aryl methyl sites for hydroxylation is 2. The molecule has 0 unspecified atom stereocenters. The Morgan fingerprint density at radius 3 is 1.80 bits per heavy atom. The minimum atomic E-state index is 0.286. The van der Waals surface area contributed by atoms with Gasteiger partial charge in [0.2, 0.25) is 0 Å². The van der Waals surface area contributed by atoms with Crippen LogP contribution < -0.4 is 0 Å². The van der Waals surface area contributed by atoms with Gasteiger partial charge < -0.3 is 0 Å². The van der Waals surface area contributed by atoms with Crippen LogP contribution in [0.15, 0.2) is 18.2 Å². The molecule has 0 saturated carbocycles. The highest BCUT2D eigenvalue weighted by Crippen LogP contribution is 2.14. The third-order valence-corrected chi connectivity index (χ3v) is 2.42. The van der Waals surface area contributed by atoms with E-state index in [0.29, 0.717) is 0 Å². The molecule has 0 bridgehead atoms. The average Bonchev–Trinajstić information content (AvgIpc) is 2.19. The largest absolute Gasteiger partial charge is 0.251 e. The van der Waals surface area contributed by atoms with E-state index in [1.54, 1.807) is 0 Å². The van der Waals surface area contributed by atoms with Crippen LogP contribution in [-0.2, 0) is 24.3 Å². The summed E-state index contributed by atoms with van der Waals surface area (Å²) in [7, 11) is 0. The molecule has 0 spiro atoms. The maximum Gasteiger partial charge on any atom is 0.107 e. The zero-order chi connectivity index (χ0) is 11.1. The molecule has 0 aromatic heterocycles. The highest BCUT2D eigenvalue weighted by atomic mass is 17.1. The first-order valence-electron chi connectivity index (χ1n) is 5.68. The van der Waals surface area contributed by atoms with Crippen molar-refractivity contribution in [3.8, 4) is 0 Å². The van der Waals surface area contributed by atoms with Crippen molar-refractivity contribution in [2.24, 2.45) is 0 Å². The van der Waals surface area contributed by atoms with Crippen LogP contribution in [0.2, 0.25) is 0 Å². The molecule has 0 aliphatic heterocycles. The van der Waals surface area contributed by atoms with Crippen LogP contribution in [-0.4, -0.2) is 5.26 Å². The van der Waals surface area contributed by atoms with E-state index in [1.165, 1.54) is 11.1 Å². The lowest BCUT2D eigenvalue weighted by atomic mass is 10.0. The molecule has 2 nitrogen and oxygen atoms in total. The van der Waals surface area contributed by atoms with Gasteiger partial charge in [0.15, 0.2) is 0 Å². The lowest BCUT2D eigenvalue weighted by molar-refractivity contribution is -0.253. The van der Waals surface area contributed by atoms with E-state index in [2.05, 4.69) is 36.9 Å². The van der Waals surface area contributed by atoms with Crippen molar-refractivity contribution in [3.63, 3.8) is 0 Å². The summed E-state index contributed by atoms with van der Waals surface area (Å²) >= 11 is 0. The topological polar surface area (TPSA) is 29.5 Å². The molecule has 1 aromatic rings. The zero-order valence-corrected chi connectivity index (χ0v) is 9.62. The first-order valence-corrected chi connectivity index (χ1v) is 5.68. The van der Waals surface area contributed by atoms with E-state index in [4.69, 9.17) is 5.26 Å². The van der Waals surface area contributed by atoms with Crippen LogP contribution in [0.5, 0.6) is 0 Å². The fourth-order valence-electron chi connectivity index (χ4n) is 1.86. The van der Waals surface area contributed by atoms with Crippen LogP contribution >= 0.6 is 0 Å². The minimum absolute atomic E-state index is 0.286. The molecule has 1 N–H and O–H groups in total. The van der Waals surface area contributed by atoms with Crippen molar-refractivity contribution in [1.82, 2.24) is 0 Å². The summed E-state index contributed by atoms with van der Waals surface area (Å²) < 4.78 is 0. The molecule has 0 fully saturated rings. The monoisotopic (exact) mass is 208 g/mol. The molecule has 1 rings (SSSR count). The average molecular weight is 208 g/mol. The smallest absolute Gasteiger partial charge is 0.107 e. The predicted molar refractivity (Wildman–Crippen MR) is 61.8 cm³/mol. The molecule has 2 heteroatoms. The molecular weight excluding hydrogens is 188 g/mol. The summed E-state index contributed by atoms with van der Waals surface area (Å²) in [6.07, 6.45) is 4.48. The van der Waals surface area contributed by atoms with Gasteiger partial charge in [-0.15, -0.1) is 0 Å². The maximum atomic E-state index is 8.46. The van der Waals surface area contributed by atoms with E-state index in [0.717, 1.165) is 31.2 Å². The summed E-state index contributed by atoms with van der Waals surface area (Å²) in [6.45, 7) is 4.64. The number of hydrogen-bond acceptors (Lipinski definition) is 2. The van der Waals surface area contributed by atoms with Crippen molar-refractivity contribution in [3.05, 3.63) is 34.9 Å². The van der Waals surface area contributed by atoms with Crippen LogP contribution in [0.1, 0.15) is 43.4 Å². The molecule has 1 aromatic carbocycles. The Balaban J connectivity index is 2.86. The molecule has 0 heterocycles. The predicted octanol–water partition coefficient (Wildman–Crippen LogP) is 3.58. The van der Waals surface area contributed by atoms with E-state index in [9.17, 15) is 0 Å². The van der Waals surface area contributed by atoms with E-state index in [1.807, 2.05) is 0 Å². The first-order chi connectivity index (χ1) is 7.30. The van der Waals surface area contributed by atoms with Gasteiger partial charge in [-0.3, -0.25) is 5.26 Å². The lowest BCUT2D eigenvalue weighted by Crippen LogP contribution is -1.95. The Morgan fingerprint density at radius 1 is 0.933 bits per heavy atom. The maximum absolute atomic E-state index is 8.46. The Kier molecular flexibility index (Phi) is 5.37. The molecule has 84 valence electrons. The quantitative estimate of drug-likeness (QED) is 0.572. The lowest BCUT2D eigenvalue weighted by Gasteiger charge is -2.07. The van der Waals surface area contributed by atoms with E-state index >= 15 is 0 Å². The summed E-state index contributed by atoms with van der Waals surface area (Å²) in [5, 5.41) is 8.46. The van der Waals surface area contributed by atoms with Gasteiger partial charge in [0, 0.05) is 0 Å². The fraction of sp³-hybridized carbons (Fsp3) is 0.538. The van der Waals surface area contributed by atoms with Gasteiger partial charge in [-0.1, -0.05) is 44.9 Å². The Morgan fingerprint density at radius 2 is 1.40 bits per heavy atom. The minimum Gasteiger partial charge on any atom is -0.251 e. The second-order valence-corrected chi connectivity index (χ2v) is 3.93. The number of hydrogen-bond donors (Lipinski definition) is 1. The third-order valence-electron chi connectivity index (χ3n) is 2.42. The molecule has 0 amide bonds. The van der Waals surface area contributed by atoms with Crippen LogP contribution in [0.4, 0.5) is 0 Å². The third kappa shape index (κ3) is 4.02. The van der Waals surface area contributed by atoms with Crippen LogP contribution in [0.25, 0.3) is 0 Å². The second-order valence-electron chi connectivity index (χ2n) is 3.93. The molecule has 15 heavy (non-hydrogen) atoms. The van der Waals surface area contributed by atoms with Gasteiger partial charge in [-0.25, -0.2) is 4.89 Å². The second kappa shape index (κ2) is 6.59. The van der Waals surface area contributed by atoms with Gasteiger partial charge in [0.1, 0.15) is 6.61 Å². The van der Waals surface area contributed by atoms with E-state index < -0.39 is 0 Å². The molecule has 0 atom stereocenters. The van der Waals surface area contributed by atoms with Gasteiger partial charge >= 0.3 is 0 Å². The normalized spacial score (nSPS) is 10.6. The number of rotatable bonds is 6. The van der Waals surface area contributed by atoms with Gasteiger partial charge in [-0.05, 0) is 29.5 Å². The summed E-state index contributed by atoms with van der Waals surface area (Å²) in [6, 6.07) is 6.48. The molecule has 0 saturated heterocycles. The SMILES string of the molecule is CCCc1cc(CCC)cc(COO)c1. The highest BCUT2D eigenvalue weighted by molar-refractivity contribution is 5.30. The van der Waals surface area contributed by atoms with Gasteiger partial charge in [0.25, 0.3) is 0 Å². The van der Waals surface area contributed by atoms with Crippen LogP contribution in [0, 0.1) is 0 Å². The standard InChI is InChI=1S/C13H20O2/c1-3-5-11-7-12(6-4-2)9-13(8-11)10-15-14/h7-9,14H,3-6,10H2,1-2H3. The highest BCUT2D eigenvalue weighted by Gasteiger charge is 2.01. The summed E-state index contributed by atoms with van der Waals surface area (Å²) in [5.74, 6) is 0. The van der Waals surface area contributed by atoms with Crippen molar-refractivity contribution >= 4 is 0 Å². The van der Waals surface area contributed by atoms with Crippen molar-refractivity contribution in [1.29, 1.82) is 0 Å².